The molecule has 0 saturated carbocycles. The van der Waals surface area contributed by atoms with E-state index in [4.69, 9.17) is 4.74 Å². The number of fused-ring (bicyclic) bond motifs is 4. The molecule has 0 spiro atoms. The van der Waals surface area contributed by atoms with Crippen LogP contribution in [0.25, 0.3) is 11.1 Å². The molecule has 2 nitrogen and oxygen atoms in total. The van der Waals surface area contributed by atoms with Crippen molar-refractivity contribution in [2.45, 2.75) is 59.3 Å². The van der Waals surface area contributed by atoms with E-state index in [9.17, 15) is 0 Å². The molecule has 8 aromatic rings. The molecule has 0 aliphatic carbocycles. The summed E-state index contributed by atoms with van der Waals surface area (Å²) >= 11 is 0. The van der Waals surface area contributed by atoms with Crippen molar-refractivity contribution in [3.05, 3.63) is 205 Å². The van der Waals surface area contributed by atoms with E-state index < -0.39 is 8.07 Å². The largest absolute Gasteiger partial charge is 0.458 e. The quantitative estimate of drug-likeness (QED) is 0.142. The number of hydrogen-bond donors (Lipinski definition) is 0. The monoisotopic (exact) mass is 805 g/mol. The smallest absolute Gasteiger partial charge is 0.251 e. The summed E-state index contributed by atoms with van der Waals surface area (Å²) in [6.45, 7) is 14.1. The van der Waals surface area contributed by atoms with Crippen molar-refractivity contribution < 1.29 is 4.74 Å². The van der Waals surface area contributed by atoms with Gasteiger partial charge in [0.15, 0.2) is 8.07 Å². The Kier molecular flexibility index (Phi) is 9.92. The summed E-state index contributed by atoms with van der Waals surface area (Å²) in [6, 6.07) is 70.3. The zero-order valence-corrected chi connectivity index (χ0v) is 37.1. The SMILES string of the molecule is CC(C)c1cc(C(C)C)c(B2c3ccccc3Oc3cc(-c4ccc(N5c6ccccc6[Si](c6ccccc6)(c6ccccc6)c6ccccc65)cc4)ccc32)c(C(C)C)c1. The summed E-state index contributed by atoms with van der Waals surface area (Å²) in [5.41, 5.74) is 14.1. The number of rotatable bonds is 8. The van der Waals surface area contributed by atoms with Gasteiger partial charge in [0.2, 0.25) is 0 Å². The van der Waals surface area contributed by atoms with Gasteiger partial charge in [0.1, 0.15) is 11.5 Å². The summed E-state index contributed by atoms with van der Waals surface area (Å²) in [5, 5.41) is 5.59. The fraction of sp³-hybridized carbons (Fsp3) is 0.158. The Labute approximate surface area is 363 Å². The third kappa shape index (κ3) is 6.39. The first-order chi connectivity index (χ1) is 29.8. The highest BCUT2D eigenvalue weighted by molar-refractivity contribution is 7.21. The van der Waals surface area contributed by atoms with Crippen molar-refractivity contribution in [3.8, 4) is 22.6 Å². The Bertz CT molecular complexity index is 2770. The van der Waals surface area contributed by atoms with E-state index in [0.717, 1.165) is 28.3 Å². The second-order valence-corrected chi connectivity index (χ2v) is 21.5. The molecule has 8 aromatic carbocycles. The summed E-state index contributed by atoms with van der Waals surface area (Å²) in [6.07, 6.45) is 0. The number of ether oxygens (including phenoxy) is 1. The van der Waals surface area contributed by atoms with E-state index in [1.165, 1.54) is 65.2 Å². The van der Waals surface area contributed by atoms with E-state index in [1.54, 1.807) is 0 Å². The zero-order chi connectivity index (χ0) is 41.8. The number of hydrogen-bond acceptors (Lipinski definition) is 2. The first-order valence-corrected chi connectivity index (χ1v) is 24.0. The molecule has 2 aliphatic heterocycles. The van der Waals surface area contributed by atoms with Crippen molar-refractivity contribution in [2.75, 3.05) is 4.90 Å². The van der Waals surface area contributed by atoms with E-state index in [2.05, 4.69) is 234 Å². The molecule has 0 bridgehead atoms. The van der Waals surface area contributed by atoms with Crippen LogP contribution in [0.1, 0.15) is 76.0 Å². The minimum absolute atomic E-state index is 0.0778. The van der Waals surface area contributed by atoms with E-state index in [1.807, 2.05) is 0 Å². The number of benzene rings is 8. The highest BCUT2D eigenvalue weighted by atomic mass is 28.3. The third-order valence-electron chi connectivity index (χ3n) is 13.2. The molecule has 2 aliphatic rings. The fourth-order valence-electron chi connectivity index (χ4n) is 10.3. The molecule has 0 atom stereocenters. The topological polar surface area (TPSA) is 12.5 Å². The highest BCUT2D eigenvalue weighted by Gasteiger charge is 2.48. The second kappa shape index (κ2) is 15.6. The minimum Gasteiger partial charge on any atom is -0.458 e. The van der Waals surface area contributed by atoms with E-state index in [-0.39, 0.29) is 6.71 Å². The van der Waals surface area contributed by atoms with Gasteiger partial charge < -0.3 is 9.64 Å². The van der Waals surface area contributed by atoms with Gasteiger partial charge >= 0.3 is 0 Å². The van der Waals surface area contributed by atoms with Crippen LogP contribution >= 0.6 is 0 Å². The summed E-state index contributed by atoms with van der Waals surface area (Å²) in [4.78, 5) is 2.48. The van der Waals surface area contributed by atoms with Crippen molar-refractivity contribution in [1.82, 2.24) is 0 Å². The molecule has 0 amide bonds. The molecular formula is C57H52BNOSi. The number of anilines is 3. The molecule has 0 unspecified atom stereocenters. The third-order valence-corrected chi connectivity index (χ3v) is 18.1. The fourth-order valence-corrected chi connectivity index (χ4v) is 15.4. The van der Waals surface area contributed by atoms with Gasteiger partial charge in [-0.15, -0.1) is 0 Å². The Morgan fingerprint density at radius 3 is 1.49 bits per heavy atom. The average molecular weight is 806 g/mol. The maximum Gasteiger partial charge on any atom is 0.251 e. The van der Waals surface area contributed by atoms with Crippen molar-refractivity contribution in [1.29, 1.82) is 0 Å². The van der Waals surface area contributed by atoms with Crippen LogP contribution in [-0.4, -0.2) is 14.8 Å². The first-order valence-electron chi connectivity index (χ1n) is 22.0. The van der Waals surface area contributed by atoms with Gasteiger partial charge in [0.25, 0.3) is 6.71 Å². The van der Waals surface area contributed by atoms with Crippen LogP contribution in [0, 0.1) is 0 Å². The lowest BCUT2D eigenvalue weighted by Crippen LogP contribution is -2.77. The molecule has 0 fully saturated rings. The Morgan fingerprint density at radius 1 is 0.443 bits per heavy atom. The highest BCUT2D eigenvalue weighted by Crippen LogP contribution is 2.40. The Morgan fingerprint density at radius 2 is 0.934 bits per heavy atom. The molecule has 0 radical (unpaired) electrons. The second-order valence-electron chi connectivity index (χ2n) is 17.8. The lowest BCUT2D eigenvalue weighted by Gasteiger charge is -2.45. The first kappa shape index (κ1) is 38.8. The van der Waals surface area contributed by atoms with Gasteiger partial charge in [-0.1, -0.05) is 199 Å². The van der Waals surface area contributed by atoms with Crippen LogP contribution < -0.4 is 46.8 Å². The number of nitrogens with zero attached hydrogens (tertiary/aromatic N) is 1. The maximum atomic E-state index is 6.84. The van der Waals surface area contributed by atoms with Crippen LogP contribution in [0.4, 0.5) is 17.1 Å². The van der Waals surface area contributed by atoms with E-state index >= 15 is 0 Å². The summed E-state index contributed by atoms with van der Waals surface area (Å²) in [7, 11) is -2.67. The zero-order valence-electron chi connectivity index (χ0n) is 36.1. The van der Waals surface area contributed by atoms with E-state index in [0.29, 0.717) is 17.8 Å². The summed E-state index contributed by atoms with van der Waals surface area (Å²) in [5.74, 6) is 3.11. The van der Waals surface area contributed by atoms with Crippen molar-refractivity contribution in [3.63, 3.8) is 0 Å². The maximum absolute atomic E-state index is 6.84. The predicted octanol–water partition coefficient (Wildman–Crippen LogP) is 10.5. The van der Waals surface area contributed by atoms with Gasteiger partial charge in [-0.2, -0.15) is 0 Å². The lowest BCUT2D eigenvalue weighted by atomic mass is 9.34. The molecule has 2 heterocycles. The molecule has 10 rings (SSSR count). The van der Waals surface area contributed by atoms with Crippen molar-refractivity contribution in [2.24, 2.45) is 0 Å². The molecule has 0 aromatic heterocycles. The Hall–Kier alpha value is -6.36. The number of para-hydroxylation sites is 3. The van der Waals surface area contributed by atoms with Gasteiger partial charge in [0.05, 0.1) is 0 Å². The van der Waals surface area contributed by atoms with Crippen molar-refractivity contribution >= 4 is 69.0 Å². The van der Waals surface area contributed by atoms with Crippen LogP contribution in [0.15, 0.2) is 188 Å². The molecule has 4 heteroatoms. The van der Waals surface area contributed by atoms with Crippen LogP contribution in [-0.2, 0) is 0 Å². The summed E-state index contributed by atoms with van der Waals surface area (Å²) < 4.78 is 6.84. The molecule has 61 heavy (non-hydrogen) atoms. The average Bonchev–Trinajstić information content (AvgIpc) is 3.30. The van der Waals surface area contributed by atoms with Gasteiger partial charge in [-0.25, -0.2) is 0 Å². The van der Waals surface area contributed by atoms with Gasteiger partial charge in [-0.05, 0) is 114 Å². The molecule has 0 saturated heterocycles. The Balaban J connectivity index is 1.08. The predicted molar refractivity (Wildman–Crippen MR) is 264 cm³/mol. The standard InChI is InChI=1S/C57H52BNOSi/c1-38(2)43-35-47(39(3)4)57(48(36-43)40(5)6)58-49-23-13-16-26-53(49)60-54-37-42(31-34-50(54)58)41-29-32-44(33-30-41)59-51-24-14-17-27-55(51)61(45-19-9-7-10-20-45,46-21-11-8-12-22-46)56-28-18-15-25-52(56)59/h7-40H,1-6H3. The van der Waals surface area contributed by atoms with Gasteiger partial charge in [0, 0.05) is 17.1 Å². The van der Waals surface area contributed by atoms with Crippen LogP contribution in [0.2, 0.25) is 0 Å². The normalized spacial score (nSPS) is 13.7. The van der Waals surface area contributed by atoms with Crippen LogP contribution in [0.3, 0.4) is 0 Å². The minimum atomic E-state index is -2.67. The van der Waals surface area contributed by atoms with Gasteiger partial charge in [-0.3, -0.25) is 0 Å². The molecule has 298 valence electrons. The lowest BCUT2D eigenvalue weighted by molar-refractivity contribution is 0.487. The molecular weight excluding hydrogens is 754 g/mol. The van der Waals surface area contributed by atoms with Crippen LogP contribution in [0.5, 0.6) is 11.5 Å². The molecule has 0 N–H and O–H groups in total.